The van der Waals surface area contributed by atoms with Gasteiger partial charge in [-0.15, -0.1) is 0 Å². The number of rotatable bonds is 4. The number of benzene rings is 1. The number of aliphatic carboxylic acids is 1. The van der Waals surface area contributed by atoms with Gasteiger partial charge in [-0.2, -0.15) is 0 Å². The van der Waals surface area contributed by atoms with Crippen LogP contribution in [0, 0.1) is 0 Å². The Morgan fingerprint density at radius 2 is 1.89 bits per heavy atom. The average Bonchev–Trinajstić information content (AvgIpc) is 2.40. The highest BCUT2D eigenvalue weighted by atomic mass is 16.4. The van der Waals surface area contributed by atoms with Crippen molar-refractivity contribution in [3.63, 3.8) is 0 Å². The zero-order valence-electron chi connectivity index (χ0n) is 10.2. The van der Waals surface area contributed by atoms with Crippen LogP contribution in [0.1, 0.15) is 12.0 Å². The SMILES string of the molecule is O=C(O)C/C=C/c1ccc(-n2ccccc2=O)cc1. The van der Waals surface area contributed by atoms with Gasteiger partial charge in [-0.05, 0) is 23.8 Å². The normalized spacial score (nSPS) is 10.7. The van der Waals surface area contributed by atoms with Crippen molar-refractivity contribution in [3.05, 3.63) is 70.7 Å². The Bertz CT molecular complexity index is 654. The van der Waals surface area contributed by atoms with Crippen LogP contribution in [-0.4, -0.2) is 15.6 Å². The summed E-state index contributed by atoms with van der Waals surface area (Å²) in [5.41, 5.74) is 1.59. The molecule has 2 aromatic rings. The predicted molar refractivity (Wildman–Crippen MR) is 73.3 cm³/mol. The summed E-state index contributed by atoms with van der Waals surface area (Å²) in [6, 6.07) is 12.3. The molecule has 0 radical (unpaired) electrons. The van der Waals surface area contributed by atoms with E-state index < -0.39 is 5.97 Å². The van der Waals surface area contributed by atoms with Crippen molar-refractivity contribution in [2.45, 2.75) is 6.42 Å². The van der Waals surface area contributed by atoms with Crippen molar-refractivity contribution in [1.82, 2.24) is 4.57 Å². The predicted octanol–water partition coefficient (Wildman–Crippen LogP) is 2.33. The maximum atomic E-state index is 11.6. The molecule has 0 amide bonds. The van der Waals surface area contributed by atoms with Gasteiger partial charge in [0.15, 0.2) is 0 Å². The Labute approximate surface area is 110 Å². The van der Waals surface area contributed by atoms with Crippen LogP contribution in [0.5, 0.6) is 0 Å². The van der Waals surface area contributed by atoms with Crippen molar-refractivity contribution in [2.75, 3.05) is 0 Å². The van der Waals surface area contributed by atoms with Gasteiger partial charge >= 0.3 is 5.97 Å². The number of carbonyl (C=O) groups is 1. The van der Waals surface area contributed by atoms with Gasteiger partial charge in [-0.1, -0.05) is 30.4 Å². The number of aromatic nitrogens is 1. The Hall–Kier alpha value is -2.62. The summed E-state index contributed by atoms with van der Waals surface area (Å²) in [4.78, 5) is 22.0. The van der Waals surface area contributed by atoms with E-state index in [-0.39, 0.29) is 12.0 Å². The lowest BCUT2D eigenvalue weighted by molar-refractivity contribution is -0.135. The summed E-state index contributed by atoms with van der Waals surface area (Å²) in [5, 5.41) is 8.53. The molecule has 0 saturated heterocycles. The van der Waals surface area contributed by atoms with E-state index in [9.17, 15) is 9.59 Å². The molecule has 0 spiro atoms. The molecule has 0 aliphatic carbocycles. The minimum atomic E-state index is -0.858. The summed E-state index contributed by atoms with van der Waals surface area (Å²) in [5.74, 6) is -0.858. The van der Waals surface area contributed by atoms with Crippen molar-refractivity contribution in [3.8, 4) is 5.69 Å². The van der Waals surface area contributed by atoms with Gasteiger partial charge in [0.1, 0.15) is 0 Å². The summed E-state index contributed by atoms with van der Waals surface area (Å²) in [7, 11) is 0. The summed E-state index contributed by atoms with van der Waals surface area (Å²) in [6.07, 6.45) is 5.04. The van der Waals surface area contributed by atoms with Crippen LogP contribution in [0.3, 0.4) is 0 Å². The highest BCUT2D eigenvalue weighted by molar-refractivity contribution is 5.70. The van der Waals surface area contributed by atoms with E-state index in [1.807, 2.05) is 24.3 Å². The minimum absolute atomic E-state index is 0.000104. The third kappa shape index (κ3) is 3.42. The van der Waals surface area contributed by atoms with Crippen LogP contribution in [-0.2, 0) is 4.79 Å². The Kier molecular flexibility index (Phi) is 3.93. The zero-order valence-corrected chi connectivity index (χ0v) is 10.2. The topological polar surface area (TPSA) is 59.3 Å². The van der Waals surface area contributed by atoms with Gasteiger partial charge in [0.2, 0.25) is 0 Å². The second kappa shape index (κ2) is 5.82. The van der Waals surface area contributed by atoms with Gasteiger partial charge in [0.25, 0.3) is 5.56 Å². The van der Waals surface area contributed by atoms with Crippen molar-refractivity contribution in [2.24, 2.45) is 0 Å². The number of hydrogen-bond acceptors (Lipinski definition) is 2. The van der Waals surface area contributed by atoms with E-state index in [2.05, 4.69) is 0 Å². The average molecular weight is 255 g/mol. The number of carboxylic acids is 1. The second-order valence-electron chi connectivity index (χ2n) is 4.00. The lowest BCUT2D eigenvalue weighted by Crippen LogP contribution is -2.15. The van der Waals surface area contributed by atoms with Crippen LogP contribution in [0.25, 0.3) is 11.8 Å². The fourth-order valence-electron chi connectivity index (χ4n) is 1.68. The molecule has 1 aromatic carbocycles. The maximum absolute atomic E-state index is 11.6. The number of pyridine rings is 1. The molecule has 0 saturated carbocycles. The Balaban J connectivity index is 2.20. The molecule has 1 aromatic heterocycles. The Morgan fingerprint density at radius 3 is 2.53 bits per heavy atom. The largest absolute Gasteiger partial charge is 0.481 e. The van der Waals surface area contributed by atoms with Crippen LogP contribution in [0.4, 0.5) is 0 Å². The van der Waals surface area contributed by atoms with E-state index in [0.717, 1.165) is 11.3 Å². The van der Waals surface area contributed by atoms with Gasteiger partial charge in [-0.25, -0.2) is 0 Å². The standard InChI is InChI=1S/C15H13NO3/c17-14-5-1-2-11-16(14)13-9-7-12(8-10-13)4-3-6-15(18)19/h1-5,7-11H,6H2,(H,18,19)/b4-3+. The second-order valence-corrected chi connectivity index (χ2v) is 4.00. The number of nitrogens with zero attached hydrogens (tertiary/aromatic N) is 1. The molecular formula is C15H13NO3. The molecule has 19 heavy (non-hydrogen) atoms. The lowest BCUT2D eigenvalue weighted by Gasteiger charge is -2.04. The van der Waals surface area contributed by atoms with Crippen LogP contribution >= 0.6 is 0 Å². The quantitative estimate of drug-likeness (QED) is 0.912. The summed E-state index contributed by atoms with van der Waals surface area (Å²) in [6.45, 7) is 0. The maximum Gasteiger partial charge on any atom is 0.307 e. The molecule has 0 aliphatic heterocycles. The van der Waals surface area contributed by atoms with E-state index in [0.29, 0.717) is 0 Å². The van der Waals surface area contributed by atoms with Gasteiger partial charge in [0.05, 0.1) is 6.42 Å². The molecule has 1 N–H and O–H groups in total. The van der Waals surface area contributed by atoms with Crippen LogP contribution in [0.15, 0.2) is 59.5 Å². The fourth-order valence-corrected chi connectivity index (χ4v) is 1.68. The first-order chi connectivity index (χ1) is 9.16. The monoisotopic (exact) mass is 255 g/mol. The van der Waals surface area contributed by atoms with Crippen LogP contribution in [0.2, 0.25) is 0 Å². The first kappa shape index (κ1) is 12.8. The van der Waals surface area contributed by atoms with Crippen LogP contribution < -0.4 is 5.56 Å². The fraction of sp³-hybridized carbons (Fsp3) is 0.0667. The van der Waals surface area contributed by atoms with Gasteiger partial charge in [0, 0.05) is 18.0 Å². The number of carboxylic acid groups (broad SMARTS) is 1. The molecule has 0 unspecified atom stereocenters. The van der Waals surface area contributed by atoms with E-state index >= 15 is 0 Å². The molecule has 4 nitrogen and oxygen atoms in total. The third-order valence-electron chi connectivity index (χ3n) is 2.60. The smallest absolute Gasteiger partial charge is 0.307 e. The molecule has 0 atom stereocenters. The molecule has 96 valence electrons. The molecule has 1 heterocycles. The summed E-state index contributed by atoms with van der Waals surface area (Å²) < 4.78 is 1.55. The third-order valence-corrected chi connectivity index (χ3v) is 2.60. The van der Waals surface area contributed by atoms with Crippen molar-refractivity contribution >= 4 is 12.0 Å². The zero-order chi connectivity index (χ0) is 13.7. The van der Waals surface area contributed by atoms with E-state index in [1.54, 1.807) is 35.0 Å². The highest BCUT2D eigenvalue weighted by Gasteiger charge is 1.97. The Morgan fingerprint density at radius 1 is 1.16 bits per heavy atom. The first-order valence-electron chi connectivity index (χ1n) is 5.83. The minimum Gasteiger partial charge on any atom is -0.481 e. The number of hydrogen-bond donors (Lipinski definition) is 1. The molecule has 0 aliphatic rings. The van der Waals surface area contributed by atoms with E-state index in [1.165, 1.54) is 6.07 Å². The lowest BCUT2D eigenvalue weighted by atomic mass is 10.2. The molecule has 0 bridgehead atoms. The summed E-state index contributed by atoms with van der Waals surface area (Å²) >= 11 is 0. The van der Waals surface area contributed by atoms with Crippen molar-refractivity contribution in [1.29, 1.82) is 0 Å². The highest BCUT2D eigenvalue weighted by Crippen LogP contribution is 2.09. The molecule has 0 fully saturated rings. The molecular weight excluding hydrogens is 242 g/mol. The van der Waals surface area contributed by atoms with Crippen molar-refractivity contribution < 1.29 is 9.90 Å². The molecule has 2 rings (SSSR count). The first-order valence-corrected chi connectivity index (χ1v) is 5.83. The molecule has 4 heteroatoms. The van der Waals surface area contributed by atoms with Gasteiger partial charge < -0.3 is 5.11 Å². The van der Waals surface area contributed by atoms with E-state index in [4.69, 9.17) is 5.11 Å². The van der Waals surface area contributed by atoms with Gasteiger partial charge in [-0.3, -0.25) is 14.2 Å².